The number of aromatic amines is 1. The summed E-state index contributed by atoms with van der Waals surface area (Å²) in [6, 6.07) is 7.87. The number of benzene rings is 1. The van der Waals surface area contributed by atoms with Crippen molar-refractivity contribution < 1.29 is 4.52 Å². The largest absolute Gasteiger partial charge is 0.334 e. The van der Waals surface area contributed by atoms with Gasteiger partial charge < -0.3 is 10.3 Å². The SMILES string of the molecule is NCCc1cccc(-c2nc(-c3ncn[nH]3)no2)c1. The highest BCUT2D eigenvalue weighted by molar-refractivity contribution is 5.56. The molecule has 0 atom stereocenters. The normalized spacial score (nSPS) is 10.8. The number of nitrogens with one attached hydrogen (secondary N) is 1. The zero-order valence-electron chi connectivity index (χ0n) is 10.1. The number of H-pyrrole nitrogens is 1. The molecular formula is C12H12N6O. The van der Waals surface area contributed by atoms with Crippen LogP contribution in [-0.4, -0.2) is 31.9 Å². The van der Waals surface area contributed by atoms with E-state index in [1.807, 2.05) is 24.3 Å². The minimum atomic E-state index is 0.386. The number of nitrogens with zero attached hydrogens (tertiary/aromatic N) is 4. The van der Waals surface area contributed by atoms with Gasteiger partial charge in [0.1, 0.15) is 6.33 Å². The molecule has 19 heavy (non-hydrogen) atoms. The molecule has 0 aliphatic carbocycles. The lowest BCUT2D eigenvalue weighted by Gasteiger charge is -1.99. The summed E-state index contributed by atoms with van der Waals surface area (Å²) in [6.45, 7) is 0.608. The van der Waals surface area contributed by atoms with Crippen LogP contribution in [0.25, 0.3) is 23.1 Å². The van der Waals surface area contributed by atoms with Crippen molar-refractivity contribution >= 4 is 0 Å². The highest BCUT2D eigenvalue weighted by Crippen LogP contribution is 2.21. The summed E-state index contributed by atoms with van der Waals surface area (Å²) in [5.41, 5.74) is 7.55. The maximum Gasteiger partial charge on any atom is 0.258 e. The number of rotatable bonds is 4. The van der Waals surface area contributed by atoms with E-state index in [2.05, 4.69) is 25.3 Å². The van der Waals surface area contributed by atoms with Crippen molar-refractivity contribution in [1.29, 1.82) is 0 Å². The molecule has 0 radical (unpaired) electrons. The predicted octanol–water partition coefficient (Wildman–Crippen LogP) is 1.02. The van der Waals surface area contributed by atoms with Crippen LogP contribution in [0.15, 0.2) is 35.1 Å². The molecule has 2 heterocycles. The van der Waals surface area contributed by atoms with Gasteiger partial charge in [0.15, 0.2) is 5.82 Å². The smallest absolute Gasteiger partial charge is 0.258 e. The van der Waals surface area contributed by atoms with Crippen molar-refractivity contribution in [3.63, 3.8) is 0 Å². The first kappa shape index (κ1) is 11.5. The lowest BCUT2D eigenvalue weighted by atomic mass is 10.1. The van der Waals surface area contributed by atoms with Gasteiger partial charge in [-0.3, -0.25) is 5.10 Å². The molecule has 7 heteroatoms. The van der Waals surface area contributed by atoms with Crippen LogP contribution < -0.4 is 5.73 Å². The quantitative estimate of drug-likeness (QED) is 0.721. The van der Waals surface area contributed by atoms with Crippen molar-refractivity contribution in [1.82, 2.24) is 25.3 Å². The monoisotopic (exact) mass is 256 g/mol. The molecule has 0 saturated carbocycles. The van der Waals surface area contributed by atoms with Gasteiger partial charge in [0.2, 0.25) is 5.82 Å². The fraction of sp³-hybridized carbons (Fsp3) is 0.167. The summed E-state index contributed by atoms with van der Waals surface area (Å²) in [4.78, 5) is 8.25. The van der Waals surface area contributed by atoms with Gasteiger partial charge in [-0.2, -0.15) is 10.1 Å². The lowest BCUT2D eigenvalue weighted by Crippen LogP contribution is -2.02. The van der Waals surface area contributed by atoms with Gasteiger partial charge >= 0.3 is 0 Å². The molecule has 0 aliphatic rings. The molecule has 0 unspecified atom stereocenters. The van der Waals surface area contributed by atoms with Gasteiger partial charge in [0, 0.05) is 5.56 Å². The maximum atomic E-state index is 5.55. The number of hydrogen-bond donors (Lipinski definition) is 2. The Kier molecular flexibility index (Phi) is 3.03. The second-order valence-electron chi connectivity index (χ2n) is 4.00. The topological polar surface area (TPSA) is 107 Å². The number of hydrogen-bond acceptors (Lipinski definition) is 6. The third kappa shape index (κ3) is 2.36. The van der Waals surface area contributed by atoms with Gasteiger partial charge in [0.25, 0.3) is 5.89 Å². The first-order chi connectivity index (χ1) is 9.36. The van der Waals surface area contributed by atoms with Crippen molar-refractivity contribution in [2.75, 3.05) is 6.54 Å². The Labute approximate surface area is 108 Å². The van der Waals surface area contributed by atoms with E-state index in [0.29, 0.717) is 24.1 Å². The van der Waals surface area contributed by atoms with E-state index in [4.69, 9.17) is 10.3 Å². The van der Waals surface area contributed by atoms with Gasteiger partial charge in [0.05, 0.1) is 0 Å². The van der Waals surface area contributed by atoms with Crippen molar-refractivity contribution in [3.05, 3.63) is 36.2 Å². The molecule has 7 nitrogen and oxygen atoms in total. The second kappa shape index (κ2) is 4.99. The van der Waals surface area contributed by atoms with Crippen LogP contribution in [0.3, 0.4) is 0 Å². The highest BCUT2D eigenvalue weighted by Gasteiger charge is 2.12. The molecule has 0 amide bonds. The van der Waals surface area contributed by atoms with E-state index in [1.165, 1.54) is 6.33 Å². The summed E-state index contributed by atoms with van der Waals surface area (Å²) in [6.07, 6.45) is 2.21. The number of aromatic nitrogens is 5. The molecule has 0 bridgehead atoms. The van der Waals surface area contributed by atoms with Crippen molar-refractivity contribution in [3.8, 4) is 23.1 Å². The van der Waals surface area contributed by atoms with E-state index in [1.54, 1.807) is 0 Å². The van der Waals surface area contributed by atoms with Crippen LogP contribution in [0, 0.1) is 0 Å². The van der Waals surface area contributed by atoms with E-state index in [0.717, 1.165) is 17.5 Å². The Bertz CT molecular complexity index is 660. The molecule has 1 aromatic carbocycles. The zero-order chi connectivity index (χ0) is 13.1. The second-order valence-corrected chi connectivity index (χ2v) is 4.00. The summed E-state index contributed by atoms with van der Waals surface area (Å²) in [5, 5.41) is 10.3. The first-order valence-corrected chi connectivity index (χ1v) is 5.85. The molecular weight excluding hydrogens is 244 g/mol. The fourth-order valence-corrected chi connectivity index (χ4v) is 1.78. The summed E-state index contributed by atoms with van der Waals surface area (Å²) in [5.74, 6) is 1.31. The Balaban J connectivity index is 1.92. The third-order valence-electron chi connectivity index (χ3n) is 2.66. The summed E-state index contributed by atoms with van der Waals surface area (Å²) in [7, 11) is 0. The van der Waals surface area contributed by atoms with Crippen LogP contribution >= 0.6 is 0 Å². The van der Waals surface area contributed by atoms with Crippen LogP contribution in [0.1, 0.15) is 5.56 Å². The molecule has 96 valence electrons. The number of nitrogens with two attached hydrogens (primary N) is 1. The first-order valence-electron chi connectivity index (χ1n) is 5.85. The predicted molar refractivity (Wildman–Crippen MR) is 67.9 cm³/mol. The average Bonchev–Trinajstić information content (AvgIpc) is 3.11. The van der Waals surface area contributed by atoms with Gasteiger partial charge in [-0.15, -0.1) is 0 Å². The minimum Gasteiger partial charge on any atom is -0.334 e. The van der Waals surface area contributed by atoms with Gasteiger partial charge in [-0.25, -0.2) is 4.98 Å². The summed E-state index contributed by atoms with van der Waals surface area (Å²) < 4.78 is 5.23. The molecule has 3 rings (SSSR count). The van der Waals surface area contributed by atoms with E-state index in [-0.39, 0.29) is 0 Å². The molecule has 3 N–H and O–H groups in total. The van der Waals surface area contributed by atoms with Crippen LogP contribution in [0.2, 0.25) is 0 Å². The highest BCUT2D eigenvalue weighted by atomic mass is 16.5. The zero-order valence-corrected chi connectivity index (χ0v) is 10.1. The Morgan fingerprint density at radius 3 is 3.05 bits per heavy atom. The standard InChI is InChI=1S/C12H12N6O/c13-5-4-8-2-1-3-9(6-8)12-16-11(18-19-12)10-14-7-15-17-10/h1-3,6-7H,4-5,13H2,(H,14,15,17). The van der Waals surface area contributed by atoms with E-state index in [9.17, 15) is 0 Å². The average molecular weight is 256 g/mol. The molecule has 0 saturated heterocycles. The molecule has 0 fully saturated rings. The molecule has 3 aromatic rings. The van der Waals surface area contributed by atoms with Crippen LogP contribution in [-0.2, 0) is 6.42 Å². The van der Waals surface area contributed by atoms with Gasteiger partial charge in [-0.1, -0.05) is 17.3 Å². The molecule has 2 aromatic heterocycles. The van der Waals surface area contributed by atoms with E-state index < -0.39 is 0 Å². The third-order valence-corrected chi connectivity index (χ3v) is 2.66. The molecule has 0 spiro atoms. The van der Waals surface area contributed by atoms with E-state index >= 15 is 0 Å². The van der Waals surface area contributed by atoms with Crippen molar-refractivity contribution in [2.24, 2.45) is 5.73 Å². The Morgan fingerprint density at radius 1 is 1.32 bits per heavy atom. The minimum absolute atomic E-state index is 0.386. The molecule has 0 aliphatic heterocycles. The lowest BCUT2D eigenvalue weighted by molar-refractivity contribution is 0.432. The fourth-order valence-electron chi connectivity index (χ4n) is 1.78. The van der Waals surface area contributed by atoms with Gasteiger partial charge in [-0.05, 0) is 30.7 Å². The van der Waals surface area contributed by atoms with Crippen molar-refractivity contribution in [2.45, 2.75) is 6.42 Å². The van der Waals surface area contributed by atoms with Crippen LogP contribution in [0.4, 0.5) is 0 Å². The van der Waals surface area contributed by atoms with Crippen LogP contribution in [0.5, 0.6) is 0 Å². The summed E-state index contributed by atoms with van der Waals surface area (Å²) >= 11 is 0. The maximum absolute atomic E-state index is 5.55. The Morgan fingerprint density at radius 2 is 2.26 bits per heavy atom. The Hall–Kier alpha value is -2.54.